The first kappa shape index (κ1) is 21.9. The molecule has 0 unspecified atom stereocenters. The van der Waals surface area contributed by atoms with Crippen molar-refractivity contribution >= 4 is 17.6 Å². The lowest BCUT2D eigenvalue weighted by atomic mass is 10.0. The van der Waals surface area contributed by atoms with Crippen LogP contribution in [0.1, 0.15) is 46.0 Å². The summed E-state index contributed by atoms with van der Waals surface area (Å²) in [4.78, 5) is 16.5. The van der Waals surface area contributed by atoms with E-state index in [0.29, 0.717) is 49.5 Å². The average molecular weight is 391 g/mol. The first-order valence-corrected chi connectivity index (χ1v) is 10.3. The summed E-state index contributed by atoms with van der Waals surface area (Å²) < 4.78 is 10.9. The molecule has 1 aromatic rings. The van der Waals surface area contributed by atoms with Crippen LogP contribution < -0.4 is 25.4 Å². The molecule has 156 valence electrons. The standard InChI is InChI=1S/C21H34N4O3/c1-4-22-21(24-13-12-23-20(26)14-16-8-6-7-9-16)25-17-10-11-18(27-3)19(15-17)28-5-2/h10-11,15-16H,4-9,12-14H2,1-3H3,(H,23,26)(H2,22,24,25). The third-order valence-electron chi connectivity index (χ3n) is 4.72. The van der Waals surface area contributed by atoms with Gasteiger partial charge in [0.25, 0.3) is 0 Å². The van der Waals surface area contributed by atoms with Gasteiger partial charge in [0, 0.05) is 31.3 Å². The maximum absolute atomic E-state index is 12.0. The molecule has 3 N–H and O–H groups in total. The van der Waals surface area contributed by atoms with Gasteiger partial charge < -0.3 is 25.4 Å². The number of benzene rings is 1. The second-order valence-electron chi connectivity index (χ2n) is 6.89. The number of hydrogen-bond acceptors (Lipinski definition) is 4. The number of ether oxygens (including phenoxy) is 2. The number of aliphatic imine (C=N–C) groups is 1. The maximum atomic E-state index is 12.0. The Hall–Kier alpha value is -2.44. The van der Waals surface area contributed by atoms with Crippen molar-refractivity contribution in [3.05, 3.63) is 18.2 Å². The van der Waals surface area contributed by atoms with Crippen LogP contribution >= 0.6 is 0 Å². The van der Waals surface area contributed by atoms with E-state index in [4.69, 9.17) is 9.47 Å². The second kappa shape index (κ2) is 12.1. The maximum Gasteiger partial charge on any atom is 0.220 e. The Labute approximate surface area is 168 Å². The van der Waals surface area contributed by atoms with E-state index < -0.39 is 0 Å². The average Bonchev–Trinajstić information content (AvgIpc) is 3.19. The van der Waals surface area contributed by atoms with E-state index in [9.17, 15) is 4.79 Å². The van der Waals surface area contributed by atoms with Gasteiger partial charge in [-0.25, -0.2) is 0 Å². The first-order valence-electron chi connectivity index (χ1n) is 10.3. The number of nitrogens with one attached hydrogen (secondary N) is 3. The largest absolute Gasteiger partial charge is 0.493 e. The Kier molecular flexibility index (Phi) is 9.45. The van der Waals surface area contributed by atoms with Crippen LogP contribution in [0.3, 0.4) is 0 Å². The molecule has 1 saturated carbocycles. The Bertz CT molecular complexity index is 643. The van der Waals surface area contributed by atoms with E-state index in [2.05, 4.69) is 20.9 Å². The van der Waals surface area contributed by atoms with Gasteiger partial charge in [-0.05, 0) is 44.7 Å². The molecule has 0 radical (unpaired) electrons. The van der Waals surface area contributed by atoms with Crippen LogP contribution in [0.25, 0.3) is 0 Å². The molecule has 1 fully saturated rings. The minimum Gasteiger partial charge on any atom is -0.493 e. The van der Waals surface area contributed by atoms with Crippen molar-refractivity contribution in [3.63, 3.8) is 0 Å². The van der Waals surface area contributed by atoms with Crippen molar-refractivity contribution in [3.8, 4) is 11.5 Å². The Morgan fingerprint density at radius 2 is 1.96 bits per heavy atom. The fourth-order valence-corrected chi connectivity index (χ4v) is 3.38. The molecule has 7 nitrogen and oxygen atoms in total. The molecule has 2 rings (SSSR count). The first-order chi connectivity index (χ1) is 13.7. The summed E-state index contributed by atoms with van der Waals surface area (Å²) in [5.41, 5.74) is 0.856. The Morgan fingerprint density at radius 1 is 1.18 bits per heavy atom. The molecule has 7 heteroatoms. The van der Waals surface area contributed by atoms with Crippen molar-refractivity contribution in [2.45, 2.75) is 46.0 Å². The smallest absolute Gasteiger partial charge is 0.220 e. The highest BCUT2D eigenvalue weighted by Gasteiger charge is 2.17. The van der Waals surface area contributed by atoms with E-state index in [1.54, 1.807) is 7.11 Å². The highest BCUT2D eigenvalue weighted by atomic mass is 16.5. The molecule has 28 heavy (non-hydrogen) atoms. The molecule has 0 bridgehead atoms. The van der Waals surface area contributed by atoms with E-state index in [-0.39, 0.29) is 5.91 Å². The molecular weight excluding hydrogens is 356 g/mol. The number of carbonyl (C=O) groups is 1. The molecule has 0 atom stereocenters. The zero-order valence-corrected chi connectivity index (χ0v) is 17.3. The normalized spacial score (nSPS) is 14.6. The summed E-state index contributed by atoms with van der Waals surface area (Å²) in [6.07, 6.45) is 5.54. The van der Waals surface area contributed by atoms with Crippen molar-refractivity contribution in [2.75, 3.05) is 38.7 Å². The zero-order chi connectivity index (χ0) is 20.2. The van der Waals surface area contributed by atoms with Gasteiger partial charge in [-0.15, -0.1) is 0 Å². The monoisotopic (exact) mass is 390 g/mol. The van der Waals surface area contributed by atoms with Crippen molar-refractivity contribution in [2.24, 2.45) is 10.9 Å². The van der Waals surface area contributed by atoms with Gasteiger partial charge in [0.05, 0.1) is 20.3 Å². The third kappa shape index (κ3) is 7.29. The van der Waals surface area contributed by atoms with Gasteiger partial charge in [0.15, 0.2) is 17.5 Å². The van der Waals surface area contributed by atoms with Gasteiger partial charge in [-0.2, -0.15) is 0 Å². The molecule has 0 heterocycles. The summed E-state index contributed by atoms with van der Waals surface area (Å²) in [5, 5.41) is 9.45. The summed E-state index contributed by atoms with van der Waals surface area (Å²) in [6.45, 7) is 6.31. The molecule has 1 aliphatic rings. The van der Waals surface area contributed by atoms with Crippen LogP contribution in [0.4, 0.5) is 5.69 Å². The summed E-state index contributed by atoms with van der Waals surface area (Å²) >= 11 is 0. The zero-order valence-electron chi connectivity index (χ0n) is 17.3. The number of anilines is 1. The molecule has 1 amide bonds. The summed E-state index contributed by atoms with van der Waals surface area (Å²) in [7, 11) is 1.62. The number of carbonyl (C=O) groups excluding carboxylic acids is 1. The quantitative estimate of drug-likeness (QED) is 0.325. The van der Waals surface area contributed by atoms with Gasteiger partial charge in [-0.1, -0.05) is 12.8 Å². The van der Waals surface area contributed by atoms with Crippen LogP contribution in [0.2, 0.25) is 0 Å². The second-order valence-corrected chi connectivity index (χ2v) is 6.89. The van der Waals surface area contributed by atoms with Crippen LogP contribution in [-0.2, 0) is 4.79 Å². The molecule has 1 aromatic carbocycles. The summed E-state index contributed by atoms with van der Waals surface area (Å²) in [5.74, 6) is 2.75. The Balaban J connectivity index is 1.85. The van der Waals surface area contributed by atoms with E-state index >= 15 is 0 Å². The fourth-order valence-electron chi connectivity index (χ4n) is 3.38. The van der Waals surface area contributed by atoms with E-state index in [0.717, 1.165) is 12.2 Å². The third-order valence-corrected chi connectivity index (χ3v) is 4.72. The minimum absolute atomic E-state index is 0.136. The fraction of sp³-hybridized carbons (Fsp3) is 0.619. The highest BCUT2D eigenvalue weighted by molar-refractivity contribution is 5.94. The van der Waals surface area contributed by atoms with Gasteiger partial charge in [0.1, 0.15) is 0 Å². The number of methoxy groups -OCH3 is 1. The Morgan fingerprint density at radius 3 is 2.64 bits per heavy atom. The lowest BCUT2D eigenvalue weighted by Gasteiger charge is -2.14. The van der Waals surface area contributed by atoms with Crippen LogP contribution in [0, 0.1) is 5.92 Å². The molecule has 0 aromatic heterocycles. The van der Waals surface area contributed by atoms with Crippen molar-refractivity contribution in [1.29, 1.82) is 0 Å². The number of nitrogens with zero attached hydrogens (tertiary/aromatic N) is 1. The van der Waals surface area contributed by atoms with Crippen molar-refractivity contribution < 1.29 is 14.3 Å². The molecule has 1 aliphatic carbocycles. The lowest BCUT2D eigenvalue weighted by molar-refractivity contribution is -0.121. The minimum atomic E-state index is 0.136. The number of hydrogen-bond donors (Lipinski definition) is 3. The summed E-state index contributed by atoms with van der Waals surface area (Å²) in [6, 6.07) is 5.66. The van der Waals surface area contributed by atoms with Gasteiger partial charge in [0.2, 0.25) is 5.91 Å². The number of rotatable bonds is 10. The number of amides is 1. The molecule has 0 saturated heterocycles. The highest BCUT2D eigenvalue weighted by Crippen LogP contribution is 2.30. The van der Waals surface area contributed by atoms with Crippen LogP contribution in [0.5, 0.6) is 11.5 Å². The SMILES string of the molecule is CCNC(=NCCNC(=O)CC1CCCC1)Nc1ccc(OC)c(OCC)c1. The molecule has 0 spiro atoms. The van der Waals surface area contributed by atoms with Gasteiger partial charge >= 0.3 is 0 Å². The van der Waals surface area contributed by atoms with Crippen molar-refractivity contribution in [1.82, 2.24) is 10.6 Å². The lowest BCUT2D eigenvalue weighted by Crippen LogP contribution is -2.32. The van der Waals surface area contributed by atoms with Gasteiger partial charge in [-0.3, -0.25) is 9.79 Å². The van der Waals surface area contributed by atoms with Crippen LogP contribution in [0.15, 0.2) is 23.2 Å². The topological polar surface area (TPSA) is 84.0 Å². The number of guanidine groups is 1. The van der Waals surface area contributed by atoms with E-state index in [1.807, 2.05) is 32.0 Å². The predicted octanol–water partition coefficient (Wildman–Crippen LogP) is 3.17. The molecular formula is C21H34N4O3. The molecule has 0 aliphatic heterocycles. The van der Waals surface area contributed by atoms with E-state index in [1.165, 1.54) is 25.7 Å². The van der Waals surface area contributed by atoms with Crippen LogP contribution in [-0.4, -0.2) is 45.2 Å². The predicted molar refractivity (Wildman–Crippen MR) is 113 cm³/mol.